The van der Waals surface area contributed by atoms with E-state index in [0.29, 0.717) is 25.4 Å². The van der Waals surface area contributed by atoms with Crippen LogP contribution < -0.4 is 9.47 Å². The molecule has 1 atom stereocenters. The Hall–Kier alpha value is -2.07. The van der Waals surface area contributed by atoms with Crippen LogP contribution in [0.1, 0.15) is 25.0 Å². The summed E-state index contributed by atoms with van der Waals surface area (Å²) >= 11 is 0. The Kier molecular flexibility index (Phi) is 5.58. The molecular formula is C17H19FO3. The molecule has 0 aliphatic heterocycles. The lowest BCUT2D eigenvalue weighted by atomic mass is 10.1. The smallest absolute Gasteiger partial charge is 0.132 e. The van der Waals surface area contributed by atoms with Crippen molar-refractivity contribution < 1.29 is 19.0 Å². The van der Waals surface area contributed by atoms with E-state index in [-0.39, 0.29) is 5.56 Å². The van der Waals surface area contributed by atoms with Crippen LogP contribution in [-0.2, 0) is 0 Å². The fraction of sp³-hybridized carbons (Fsp3) is 0.294. The van der Waals surface area contributed by atoms with Crippen LogP contribution in [0.5, 0.6) is 11.5 Å². The van der Waals surface area contributed by atoms with Gasteiger partial charge in [-0.25, -0.2) is 4.39 Å². The largest absolute Gasteiger partial charge is 0.493 e. The molecule has 4 heteroatoms. The molecule has 112 valence electrons. The summed E-state index contributed by atoms with van der Waals surface area (Å²) < 4.78 is 24.6. The van der Waals surface area contributed by atoms with E-state index >= 15 is 0 Å². The Bertz CT molecular complexity index is 555. The Balaban J connectivity index is 1.72. The summed E-state index contributed by atoms with van der Waals surface area (Å²) in [6.45, 7) is 2.51. The first-order valence-corrected chi connectivity index (χ1v) is 6.95. The minimum atomic E-state index is -0.821. The minimum Gasteiger partial charge on any atom is -0.493 e. The fourth-order valence-corrected chi connectivity index (χ4v) is 1.89. The first-order valence-electron chi connectivity index (χ1n) is 6.95. The highest BCUT2D eigenvalue weighted by atomic mass is 19.1. The van der Waals surface area contributed by atoms with Gasteiger partial charge < -0.3 is 14.6 Å². The SMILES string of the molecule is C[C@@H](O)c1ccc(OCCCOc2ccccc2)cc1F. The number of rotatable bonds is 7. The van der Waals surface area contributed by atoms with E-state index in [0.717, 1.165) is 5.75 Å². The van der Waals surface area contributed by atoms with Crippen molar-refractivity contribution in [1.82, 2.24) is 0 Å². The molecule has 0 unspecified atom stereocenters. The fourth-order valence-electron chi connectivity index (χ4n) is 1.89. The molecule has 1 N–H and O–H groups in total. The Morgan fingerprint density at radius 3 is 2.29 bits per heavy atom. The molecule has 21 heavy (non-hydrogen) atoms. The maximum Gasteiger partial charge on any atom is 0.132 e. The molecule has 0 saturated carbocycles. The number of aliphatic hydroxyl groups excluding tert-OH is 1. The van der Waals surface area contributed by atoms with Crippen LogP contribution in [0.25, 0.3) is 0 Å². The molecule has 0 saturated heterocycles. The summed E-state index contributed by atoms with van der Waals surface area (Å²) in [4.78, 5) is 0. The molecule has 0 aromatic heterocycles. The summed E-state index contributed by atoms with van der Waals surface area (Å²) in [6, 6.07) is 14.0. The molecule has 0 aliphatic carbocycles. The molecule has 0 amide bonds. The molecule has 0 spiro atoms. The van der Waals surface area contributed by atoms with Crippen molar-refractivity contribution in [2.24, 2.45) is 0 Å². The number of para-hydroxylation sites is 1. The Labute approximate surface area is 124 Å². The van der Waals surface area contributed by atoms with E-state index < -0.39 is 11.9 Å². The van der Waals surface area contributed by atoms with Gasteiger partial charge in [-0.2, -0.15) is 0 Å². The molecule has 2 rings (SSSR count). The summed E-state index contributed by atoms with van der Waals surface area (Å²) in [5.74, 6) is 0.824. The molecule has 0 heterocycles. The first-order chi connectivity index (χ1) is 10.2. The zero-order valence-corrected chi connectivity index (χ0v) is 12.0. The summed E-state index contributed by atoms with van der Waals surface area (Å²) in [5, 5.41) is 9.35. The second-order valence-corrected chi connectivity index (χ2v) is 4.72. The molecule has 0 aliphatic rings. The number of hydrogen-bond donors (Lipinski definition) is 1. The van der Waals surface area contributed by atoms with E-state index in [1.54, 1.807) is 6.07 Å². The number of ether oxygens (including phenoxy) is 2. The Morgan fingerprint density at radius 2 is 1.67 bits per heavy atom. The zero-order valence-electron chi connectivity index (χ0n) is 12.0. The average molecular weight is 290 g/mol. The molecule has 0 fully saturated rings. The highest BCUT2D eigenvalue weighted by Gasteiger charge is 2.08. The van der Waals surface area contributed by atoms with E-state index in [1.807, 2.05) is 30.3 Å². The van der Waals surface area contributed by atoms with Crippen LogP contribution in [0.4, 0.5) is 4.39 Å². The number of aliphatic hydroxyl groups is 1. The van der Waals surface area contributed by atoms with Gasteiger partial charge in [-0.1, -0.05) is 18.2 Å². The van der Waals surface area contributed by atoms with Gasteiger partial charge in [0.05, 0.1) is 19.3 Å². The van der Waals surface area contributed by atoms with E-state index in [2.05, 4.69) is 0 Å². The van der Waals surface area contributed by atoms with Gasteiger partial charge in [0.15, 0.2) is 0 Å². The van der Waals surface area contributed by atoms with Gasteiger partial charge in [0.25, 0.3) is 0 Å². The minimum absolute atomic E-state index is 0.273. The zero-order chi connectivity index (χ0) is 15.1. The highest BCUT2D eigenvalue weighted by Crippen LogP contribution is 2.21. The normalized spacial score (nSPS) is 12.0. The topological polar surface area (TPSA) is 38.7 Å². The van der Waals surface area contributed by atoms with Gasteiger partial charge in [-0.3, -0.25) is 0 Å². The summed E-state index contributed by atoms with van der Waals surface area (Å²) in [5.41, 5.74) is 0.273. The predicted molar refractivity (Wildman–Crippen MR) is 79.1 cm³/mol. The lowest BCUT2D eigenvalue weighted by Crippen LogP contribution is -2.05. The van der Waals surface area contributed by atoms with E-state index in [4.69, 9.17) is 9.47 Å². The van der Waals surface area contributed by atoms with Crippen LogP contribution in [-0.4, -0.2) is 18.3 Å². The average Bonchev–Trinajstić information content (AvgIpc) is 2.47. The molecule has 2 aromatic rings. The van der Waals surface area contributed by atoms with Crippen molar-refractivity contribution in [2.45, 2.75) is 19.4 Å². The molecule has 2 aromatic carbocycles. The van der Waals surface area contributed by atoms with Gasteiger partial charge in [0, 0.05) is 18.1 Å². The van der Waals surface area contributed by atoms with Crippen molar-refractivity contribution >= 4 is 0 Å². The van der Waals surface area contributed by atoms with Crippen LogP contribution >= 0.6 is 0 Å². The molecule has 0 radical (unpaired) electrons. The van der Waals surface area contributed by atoms with Crippen LogP contribution in [0, 0.1) is 5.82 Å². The van der Waals surface area contributed by atoms with Crippen LogP contribution in [0.2, 0.25) is 0 Å². The standard InChI is InChI=1S/C17H19FO3/c1-13(19)16-9-8-15(12-17(16)18)21-11-5-10-20-14-6-3-2-4-7-14/h2-4,6-9,12-13,19H,5,10-11H2,1H3/t13-/m1/s1. The van der Waals surface area contributed by atoms with Crippen molar-refractivity contribution in [3.05, 3.63) is 59.9 Å². The summed E-state index contributed by atoms with van der Waals surface area (Å²) in [7, 11) is 0. The third kappa shape index (κ3) is 4.76. The van der Waals surface area contributed by atoms with Crippen molar-refractivity contribution in [3.63, 3.8) is 0 Å². The number of halogens is 1. The van der Waals surface area contributed by atoms with Gasteiger partial charge in [-0.05, 0) is 31.2 Å². The maximum atomic E-state index is 13.6. The lowest BCUT2D eigenvalue weighted by molar-refractivity contribution is 0.193. The van der Waals surface area contributed by atoms with Crippen molar-refractivity contribution in [3.8, 4) is 11.5 Å². The van der Waals surface area contributed by atoms with Gasteiger partial charge in [-0.15, -0.1) is 0 Å². The van der Waals surface area contributed by atoms with Gasteiger partial charge in [0.2, 0.25) is 0 Å². The highest BCUT2D eigenvalue weighted by molar-refractivity contribution is 5.30. The summed E-state index contributed by atoms with van der Waals surface area (Å²) in [6.07, 6.45) is -0.118. The molecule has 3 nitrogen and oxygen atoms in total. The van der Waals surface area contributed by atoms with E-state index in [1.165, 1.54) is 19.1 Å². The maximum absolute atomic E-state index is 13.6. The van der Waals surface area contributed by atoms with E-state index in [9.17, 15) is 9.50 Å². The Morgan fingerprint density at radius 1 is 1.00 bits per heavy atom. The second-order valence-electron chi connectivity index (χ2n) is 4.72. The lowest BCUT2D eigenvalue weighted by Gasteiger charge is -2.10. The van der Waals surface area contributed by atoms with Crippen molar-refractivity contribution in [2.75, 3.05) is 13.2 Å². The molecule has 0 bridgehead atoms. The number of hydrogen-bond acceptors (Lipinski definition) is 3. The van der Waals surface area contributed by atoms with Gasteiger partial charge >= 0.3 is 0 Å². The third-order valence-electron chi connectivity index (χ3n) is 2.99. The predicted octanol–water partition coefficient (Wildman–Crippen LogP) is 3.73. The van der Waals surface area contributed by atoms with Crippen molar-refractivity contribution in [1.29, 1.82) is 0 Å². The van der Waals surface area contributed by atoms with Crippen LogP contribution in [0.3, 0.4) is 0 Å². The monoisotopic (exact) mass is 290 g/mol. The number of benzene rings is 2. The van der Waals surface area contributed by atoms with Crippen LogP contribution in [0.15, 0.2) is 48.5 Å². The first kappa shape index (κ1) is 15.3. The quantitative estimate of drug-likeness (QED) is 0.790. The third-order valence-corrected chi connectivity index (χ3v) is 2.99. The van der Waals surface area contributed by atoms with Gasteiger partial charge in [0.1, 0.15) is 17.3 Å². The second kappa shape index (κ2) is 7.64. The molecular weight excluding hydrogens is 271 g/mol.